The lowest BCUT2D eigenvalue weighted by molar-refractivity contribution is -0.134. The predicted molar refractivity (Wildman–Crippen MR) is 56.9 cm³/mol. The van der Waals surface area contributed by atoms with E-state index in [4.69, 9.17) is 5.11 Å². The van der Waals surface area contributed by atoms with Crippen LogP contribution in [0.25, 0.3) is 0 Å². The minimum absolute atomic E-state index is 0.161. The molecule has 3 N–H and O–H groups in total. The van der Waals surface area contributed by atoms with Crippen molar-refractivity contribution >= 4 is 17.6 Å². The van der Waals surface area contributed by atoms with E-state index in [1.807, 2.05) is 13.8 Å². The topological polar surface area (TPSA) is 87.1 Å². The van der Waals surface area contributed by atoms with Crippen molar-refractivity contribution in [3.8, 4) is 0 Å². The molecule has 1 aromatic rings. The van der Waals surface area contributed by atoms with Crippen molar-refractivity contribution < 1.29 is 9.90 Å². The summed E-state index contributed by atoms with van der Waals surface area (Å²) in [6.07, 6.45) is 3.05. The lowest BCUT2D eigenvalue weighted by Crippen LogP contribution is -2.14. The van der Waals surface area contributed by atoms with E-state index in [0.717, 1.165) is 0 Å². The van der Waals surface area contributed by atoms with E-state index in [0.29, 0.717) is 11.6 Å². The van der Waals surface area contributed by atoms with E-state index in [-0.39, 0.29) is 12.6 Å². The van der Waals surface area contributed by atoms with Crippen molar-refractivity contribution in [2.24, 2.45) is 0 Å². The van der Waals surface area contributed by atoms with E-state index in [1.54, 1.807) is 6.20 Å². The van der Waals surface area contributed by atoms with Gasteiger partial charge in [-0.15, -0.1) is 0 Å². The third-order valence-electron chi connectivity index (χ3n) is 1.51. The second-order valence-electron chi connectivity index (χ2n) is 3.33. The van der Waals surface area contributed by atoms with Crippen LogP contribution >= 0.6 is 0 Å². The van der Waals surface area contributed by atoms with E-state index < -0.39 is 5.97 Å². The fraction of sp³-hybridized carbons (Fsp3) is 0.444. The molecule has 15 heavy (non-hydrogen) atoms. The molecule has 82 valence electrons. The van der Waals surface area contributed by atoms with Crippen LogP contribution in [-0.2, 0) is 4.79 Å². The normalized spacial score (nSPS) is 10.1. The molecule has 0 amide bonds. The number of aromatic nitrogens is 2. The largest absolute Gasteiger partial charge is 0.480 e. The molecule has 0 saturated heterocycles. The summed E-state index contributed by atoms with van der Waals surface area (Å²) in [5.41, 5.74) is 0. The molecule has 0 aliphatic carbocycles. The van der Waals surface area contributed by atoms with Crippen LogP contribution in [-0.4, -0.2) is 33.6 Å². The first-order chi connectivity index (χ1) is 7.08. The molecule has 6 nitrogen and oxygen atoms in total. The summed E-state index contributed by atoms with van der Waals surface area (Å²) in [5, 5.41) is 14.1. The first kappa shape index (κ1) is 11.2. The second-order valence-corrected chi connectivity index (χ2v) is 3.33. The maximum atomic E-state index is 10.3. The fourth-order valence-electron chi connectivity index (χ4n) is 0.956. The summed E-state index contributed by atoms with van der Waals surface area (Å²) < 4.78 is 0. The van der Waals surface area contributed by atoms with Crippen LogP contribution in [0.3, 0.4) is 0 Å². The van der Waals surface area contributed by atoms with E-state index >= 15 is 0 Å². The molecule has 0 fully saturated rings. The van der Waals surface area contributed by atoms with E-state index in [1.165, 1.54) is 6.20 Å². The van der Waals surface area contributed by atoms with Gasteiger partial charge in [-0.2, -0.15) is 0 Å². The number of carboxylic acids is 1. The lowest BCUT2D eigenvalue weighted by Gasteiger charge is -2.08. The number of nitrogens with one attached hydrogen (secondary N) is 2. The average molecular weight is 210 g/mol. The van der Waals surface area contributed by atoms with Crippen molar-refractivity contribution in [1.29, 1.82) is 0 Å². The van der Waals surface area contributed by atoms with Crippen LogP contribution in [0.5, 0.6) is 0 Å². The SMILES string of the molecule is CC(C)Nc1cnc(NCC(=O)O)cn1. The molecular weight excluding hydrogens is 196 g/mol. The van der Waals surface area contributed by atoms with Gasteiger partial charge in [-0.3, -0.25) is 4.79 Å². The van der Waals surface area contributed by atoms with Gasteiger partial charge in [0.1, 0.15) is 18.2 Å². The number of carbonyl (C=O) groups is 1. The molecular formula is C9H14N4O2. The molecule has 0 bridgehead atoms. The first-order valence-electron chi connectivity index (χ1n) is 4.62. The average Bonchev–Trinajstić information content (AvgIpc) is 2.16. The van der Waals surface area contributed by atoms with Crippen LogP contribution in [0.1, 0.15) is 13.8 Å². The molecule has 0 spiro atoms. The Morgan fingerprint density at radius 3 is 2.47 bits per heavy atom. The molecule has 0 atom stereocenters. The summed E-state index contributed by atoms with van der Waals surface area (Å²) in [5.74, 6) is 0.193. The lowest BCUT2D eigenvalue weighted by atomic mass is 10.4. The zero-order chi connectivity index (χ0) is 11.3. The van der Waals surface area contributed by atoms with E-state index in [2.05, 4.69) is 20.6 Å². The quantitative estimate of drug-likeness (QED) is 0.666. The Hall–Kier alpha value is -1.85. The summed E-state index contributed by atoms with van der Waals surface area (Å²) in [7, 11) is 0. The van der Waals surface area contributed by atoms with Gasteiger partial charge < -0.3 is 15.7 Å². The number of rotatable bonds is 5. The van der Waals surface area contributed by atoms with Crippen molar-refractivity contribution in [3.63, 3.8) is 0 Å². The highest BCUT2D eigenvalue weighted by atomic mass is 16.4. The number of hydrogen-bond acceptors (Lipinski definition) is 5. The molecule has 0 saturated carbocycles. The number of anilines is 2. The van der Waals surface area contributed by atoms with Crippen molar-refractivity contribution in [2.75, 3.05) is 17.2 Å². The van der Waals surface area contributed by atoms with Gasteiger partial charge in [-0.25, -0.2) is 9.97 Å². The number of nitrogens with zero attached hydrogens (tertiary/aromatic N) is 2. The first-order valence-corrected chi connectivity index (χ1v) is 4.62. The Balaban J connectivity index is 2.52. The number of hydrogen-bond donors (Lipinski definition) is 3. The second kappa shape index (κ2) is 5.14. The molecule has 6 heteroatoms. The summed E-state index contributed by atoms with van der Waals surface area (Å²) >= 11 is 0. The predicted octanol–water partition coefficient (Wildman–Crippen LogP) is 0.793. The van der Waals surface area contributed by atoms with Gasteiger partial charge in [-0.05, 0) is 13.8 Å². The van der Waals surface area contributed by atoms with Crippen LogP contribution < -0.4 is 10.6 Å². The molecule has 0 aliphatic rings. The Labute approximate surface area is 87.8 Å². The molecule has 1 aromatic heterocycles. The minimum atomic E-state index is -0.929. The Kier molecular flexibility index (Phi) is 3.84. The van der Waals surface area contributed by atoms with E-state index in [9.17, 15) is 4.79 Å². The Morgan fingerprint density at radius 2 is 2.00 bits per heavy atom. The Bertz CT molecular complexity index is 323. The minimum Gasteiger partial charge on any atom is -0.480 e. The third kappa shape index (κ3) is 4.26. The fourth-order valence-corrected chi connectivity index (χ4v) is 0.956. The van der Waals surface area contributed by atoms with Gasteiger partial charge in [0.05, 0.1) is 12.4 Å². The number of aliphatic carboxylic acids is 1. The number of carboxylic acid groups (broad SMARTS) is 1. The third-order valence-corrected chi connectivity index (χ3v) is 1.51. The van der Waals surface area contributed by atoms with Crippen molar-refractivity contribution in [3.05, 3.63) is 12.4 Å². The van der Waals surface area contributed by atoms with Crippen molar-refractivity contribution in [1.82, 2.24) is 9.97 Å². The van der Waals surface area contributed by atoms with Gasteiger partial charge in [0.15, 0.2) is 0 Å². The zero-order valence-electron chi connectivity index (χ0n) is 8.69. The monoisotopic (exact) mass is 210 g/mol. The molecule has 0 radical (unpaired) electrons. The summed E-state index contributed by atoms with van der Waals surface area (Å²) in [4.78, 5) is 18.3. The van der Waals surface area contributed by atoms with Gasteiger partial charge in [0, 0.05) is 6.04 Å². The summed E-state index contributed by atoms with van der Waals surface area (Å²) in [6, 6.07) is 0.289. The molecule has 0 aliphatic heterocycles. The van der Waals surface area contributed by atoms with Gasteiger partial charge in [0.25, 0.3) is 0 Å². The van der Waals surface area contributed by atoms with Crippen LogP contribution in [0.4, 0.5) is 11.6 Å². The highest BCUT2D eigenvalue weighted by Gasteiger charge is 2.00. The van der Waals surface area contributed by atoms with Crippen LogP contribution in [0, 0.1) is 0 Å². The van der Waals surface area contributed by atoms with Gasteiger partial charge in [0.2, 0.25) is 0 Å². The Morgan fingerprint density at radius 1 is 1.40 bits per heavy atom. The highest BCUT2D eigenvalue weighted by molar-refractivity contribution is 5.72. The molecule has 1 heterocycles. The van der Waals surface area contributed by atoms with Crippen LogP contribution in [0.15, 0.2) is 12.4 Å². The van der Waals surface area contributed by atoms with Gasteiger partial charge in [-0.1, -0.05) is 0 Å². The van der Waals surface area contributed by atoms with Crippen molar-refractivity contribution in [2.45, 2.75) is 19.9 Å². The molecule has 0 unspecified atom stereocenters. The van der Waals surface area contributed by atoms with Gasteiger partial charge >= 0.3 is 5.97 Å². The zero-order valence-corrected chi connectivity index (χ0v) is 8.69. The molecule has 1 rings (SSSR count). The summed E-state index contributed by atoms with van der Waals surface area (Å²) in [6.45, 7) is 3.84. The smallest absolute Gasteiger partial charge is 0.322 e. The maximum Gasteiger partial charge on any atom is 0.322 e. The maximum absolute atomic E-state index is 10.3. The highest BCUT2D eigenvalue weighted by Crippen LogP contribution is 2.05. The van der Waals surface area contributed by atoms with Crippen LogP contribution in [0.2, 0.25) is 0 Å². The molecule has 0 aromatic carbocycles. The standard InChI is InChI=1S/C9H14N4O2/c1-6(2)13-8-4-10-7(3-11-8)12-5-9(14)15/h3-4,6H,5H2,1-2H3,(H,10,12)(H,11,13)(H,14,15).